The molecule has 1 amide bonds. The molecule has 24 heteroatoms. The molecular weight excluding hydrogens is 680 g/mol. The predicted octanol–water partition coefficient (Wildman–Crippen LogP) is -7.68. The quantitative estimate of drug-likeness (QED) is 0.143. The third-order valence-corrected chi connectivity index (χ3v) is 11.2. The topological polar surface area (TPSA) is 314 Å². The summed E-state index contributed by atoms with van der Waals surface area (Å²) in [7, 11) is -24.2. The van der Waals surface area contributed by atoms with Gasteiger partial charge in [-0.2, -0.15) is 0 Å². The van der Waals surface area contributed by atoms with Crippen LogP contribution in [0.2, 0.25) is 0 Å². The van der Waals surface area contributed by atoms with Gasteiger partial charge in [-0.15, -0.1) is 0 Å². The summed E-state index contributed by atoms with van der Waals surface area (Å²) in [6.07, 6.45) is -1.44. The number of carbonyl (C=O) groups is 1. The molecule has 0 saturated heterocycles. The Morgan fingerprint density at radius 3 is 1.53 bits per heavy atom. The number of hydrogen-bond donors (Lipinski definition) is 3. The molecule has 16 nitrogen and oxygen atoms in total. The van der Waals surface area contributed by atoms with Gasteiger partial charge in [0, 0.05) is 36.2 Å². The molecule has 0 heterocycles. The molecule has 0 saturated carbocycles. The van der Waals surface area contributed by atoms with Crippen molar-refractivity contribution in [3.05, 3.63) is 29.8 Å². The van der Waals surface area contributed by atoms with Crippen LogP contribution in [0, 0.1) is 0 Å². The number of carbonyl (C=O) groups excluding carboxylic acids is 1. The number of anilines is 1. The number of rotatable bonds is 11. The van der Waals surface area contributed by atoms with Crippen LogP contribution in [0.4, 0.5) is 5.69 Å². The predicted molar refractivity (Wildman–Crippen MR) is 114 cm³/mol. The summed E-state index contributed by atoms with van der Waals surface area (Å²) < 4.78 is 43.7. The Morgan fingerprint density at radius 1 is 0.806 bits per heavy atom. The first-order chi connectivity index (χ1) is 14.2. The van der Waals surface area contributed by atoms with E-state index in [9.17, 15) is 67.3 Å². The van der Waals surface area contributed by atoms with Crippen molar-refractivity contribution in [2.75, 3.05) is 18.4 Å². The molecule has 0 aromatic heterocycles. The first kappa shape index (κ1) is 47.0. The molecule has 3 N–H and O–H groups in total. The van der Waals surface area contributed by atoms with Gasteiger partial charge in [0.15, 0.2) is 0 Å². The molecular formula is C12H14Ca4N2O14P4. The van der Waals surface area contributed by atoms with Crippen molar-refractivity contribution in [1.82, 2.24) is 5.32 Å². The molecule has 0 fully saturated rings. The third-order valence-electron chi connectivity index (χ3n) is 3.99. The number of benzene rings is 1. The van der Waals surface area contributed by atoms with Crippen molar-refractivity contribution >= 4 is 193 Å². The normalized spacial score (nSPS) is 12.3. The van der Waals surface area contributed by atoms with E-state index in [-0.39, 0.29) is 162 Å². The average Bonchev–Trinajstić information content (AvgIpc) is 2.57. The summed E-state index contributed by atoms with van der Waals surface area (Å²) in [4.78, 5) is 99.4. The molecule has 0 aliphatic carbocycles. The van der Waals surface area contributed by atoms with Crippen molar-refractivity contribution < 1.29 is 67.3 Å². The Morgan fingerprint density at radius 2 is 1.19 bits per heavy atom. The maximum atomic E-state index is 12.0. The Kier molecular flexibility index (Phi) is 24.4. The molecule has 0 unspecified atom stereocenters. The van der Waals surface area contributed by atoms with Crippen LogP contribution in [0.1, 0.15) is 16.8 Å². The number of amides is 1. The van der Waals surface area contributed by atoms with Crippen molar-refractivity contribution in [1.29, 1.82) is 0 Å². The summed E-state index contributed by atoms with van der Waals surface area (Å²) >= 11 is 0. The van der Waals surface area contributed by atoms with Gasteiger partial charge in [-0.05, 0) is 39.5 Å². The number of nitrogens with one attached hydrogen (secondary N) is 2. The van der Waals surface area contributed by atoms with Gasteiger partial charge < -0.3 is 73.1 Å². The molecule has 0 spiro atoms. The standard InChI is InChI=1S/C12H22N2O14P4.4Ca/c15-11(13-6-5-12(16,31(23,24)25)32(26,27)28)8-1-3-9(4-2-8)14-7-10(29(17,18)19)30(20,21)22;;;;/h1-4,10,14,16H,5-7H2,(H,13,15)(H2,17,18,19)(H2,20,21,22)(H2,23,24,25)(H2,26,27,28);;;;/q;4*+2/p-8. The summed E-state index contributed by atoms with van der Waals surface area (Å²) in [5, 5.41) is 6.71. The van der Waals surface area contributed by atoms with E-state index in [1.807, 2.05) is 5.32 Å². The van der Waals surface area contributed by atoms with Crippen molar-refractivity contribution in [3.63, 3.8) is 0 Å². The smallest absolute Gasteiger partial charge is 0.810 e. The minimum Gasteiger partial charge on any atom is -0.810 e. The van der Waals surface area contributed by atoms with E-state index in [4.69, 9.17) is 0 Å². The Bertz CT molecular complexity index is 979. The van der Waals surface area contributed by atoms with Gasteiger partial charge in [-0.3, -0.25) is 4.79 Å². The van der Waals surface area contributed by atoms with E-state index in [1.54, 1.807) is 0 Å². The minimum absolute atomic E-state index is 0. The largest absolute Gasteiger partial charge is 2.00 e. The Labute approximate surface area is 324 Å². The summed E-state index contributed by atoms with van der Waals surface area (Å²) in [5.41, 5.74) is -0.188. The molecule has 1 aromatic carbocycles. The maximum absolute atomic E-state index is 12.0. The molecule has 0 bridgehead atoms. The summed E-state index contributed by atoms with van der Waals surface area (Å²) in [5.74, 6) is -0.984. The van der Waals surface area contributed by atoms with E-state index in [2.05, 4.69) is 5.32 Å². The molecule has 0 radical (unpaired) electrons. The zero-order valence-corrected chi connectivity index (χ0v) is 30.8. The molecule has 36 heavy (non-hydrogen) atoms. The second-order valence-electron chi connectivity index (χ2n) is 6.29. The van der Waals surface area contributed by atoms with E-state index < -0.39 is 66.3 Å². The fourth-order valence-electron chi connectivity index (χ4n) is 2.22. The van der Waals surface area contributed by atoms with Crippen LogP contribution in [-0.4, -0.2) is 186 Å². The zero-order chi connectivity index (χ0) is 25.2. The van der Waals surface area contributed by atoms with Crippen molar-refractivity contribution in [3.8, 4) is 0 Å². The van der Waals surface area contributed by atoms with Gasteiger partial charge in [0.1, 0.15) is 5.08 Å². The summed E-state index contributed by atoms with van der Waals surface area (Å²) in [6.45, 7) is -1.97. The van der Waals surface area contributed by atoms with Crippen LogP contribution in [0.3, 0.4) is 0 Å². The Hall–Kier alpha value is 4.09. The average molecular weight is 694 g/mol. The van der Waals surface area contributed by atoms with Gasteiger partial charge >= 0.3 is 151 Å². The maximum Gasteiger partial charge on any atom is 2.00 e. The van der Waals surface area contributed by atoms with Crippen molar-refractivity contribution in [2.45, 2.75) is 16.9 Å². The monoisotopic (exact) mass is 694 g/mol. The second-order valence-corrected chi connectivity index (χ2v) is 13.9. The minimum atomic E-state index is -6.31. The van der Waals surface area contributed by atoms with Crippen LogP contribution in [0.25, 0.3) is 0 Å². The number of aliphatic hydroxyl groups is 1. The van der Waals surface area contributed by atoms with E-state index in [0.717, 1.165) is 24.3 Å². The van der Waals surface area contributed by atoms with E-state index >= 15 is 0 Å². The first-order valence-corrected chi connectivity index (χ1v) is 14.4. The van der Waals surface area contributed by atoms with Gasteiger partial charge in [0.2, 0.25) is 0 Å². The fraction of sp³-hybridized carbons (Fsp3) is 0.417. The molecule has 1 aromatic rings. The Balaban J connectivity index is -0.00000128. The zero-order valence-electron chi connectivity index (χ0n) is 18.4. The van der Waals surface area contributed by atoms with Gasteiger partial charge in [-0.1, -0.05) is 15.2 Å². The molecule has 0 atom stereocenters. The van der Waals surface area contributed by atoms with Gasteiger partial charge in [-0.25, -0.2) is 0 Å². The molecule has 0 aliphatic rings. The van der Waals surface area contributed by atoms with E-state index in [1.165, 1.54) is 0 Å². The fourth-order valence-corrected chi connectivity index (χ4v) is 6.20. The van der Waals surface area contributed by atoms with Gasteiger partial charge in [0.25, 0.3) is 5.91 Å². The first-order valence-electron chi connectivity index (χ1n) is 8.12. The third kappa shape index (κ3) is 14.5. The number of hydrogen-bond acceptors (Lipinski definition) is 15. The van der Waals surface area contributed by atoms with Crippen LogP contribution >= 0.6 is 30.4 Å². The van der Waals surface area contributed by atoms with Gasteiger partial charge in [0.05, 0.1) is 0 Å². The second kappa shape index (κ2) is 18.7. The van der Waals surface area contributed by atoms with Crippen molar-refractivity contribution in [2.24, 2.45) is 0 Å². The molecule has 1 rings (SSSR count). The molecule has 0 aliphatic heterocycles. The van der Waals surface area contributed by atoms with E-state index in [0.29, 0.717) is 0 Å². The van der Waals surface area contributed by atoms with Crippen LogP contribution in [0.15, 0.2) is 24.3 Å². The SMILES string of the molecule is O=C(NCCC(O)(P(=O)([O-])[O-])P(=O)([O-])[O-])c1ccc(NCC(P(=O)([O-])[O-])P(=O)([O-])[O-])cc1.[Ca+2].[Ca+2].[Ca+2].[Ca+2]. The van der Waals surface area contributed by atoms with Crippen LogP contribution in [-0.2, 0) is 18.3 Å². The van der Waals surface area contributed by atoms with Crippen LogP contribution in [0.5, 0.6) is 0 Å². The summed E-state index contributed by atoms with van der Waals surface area (Å²) in [6, 6.07) is 4.30. The van der Waals surface area contributed by atoms with Crippen LogP contribution < -0.4 is 49.8 Å². The molecule has 184 valence electrons.